The first kappa shape index (κ1) is 12.6. The third kappa shape index (κ3) is 3.32. The lowest BCUT2D eigenvalue weighted by Crippen LogP contribution is -2.30. The molecule has 2 N–H and O–H groups in total. The number of anilines is 2. The van der Waals surface area contributed by atoms with Crippen molar-refractivity contribution in [3.63, 3.8) is 0 Å². The number of hydrogen-bond acceptors (Lipinski definition) is 5. The van der Waals surface area contributed by atoms with Gasteiger partial charge in [-0.3, -0.25) is 14.9 Å². The third-order valence-corrected chi connectivity index (χ3v) is 2.24. The van der Waals surface area contributed by atoms with E-state index in [0.717, 1.165) is 5.56 Å². The largest absolute Gasteiger partial charge is 0.316 e. The second-order valence-corrected chi connectivity index (χ2v) is 3.65. The lowest BCUT2D eigenvalue weighted by molar-refractivity contribution is -0.133. The quantitative estimate of drug-likeness (QED) is 0.774. The van der Waals surface area contributed by atoms with E-state index in [-0.39, 0.29) is 5.95 Å². The van der Waals surface area contributed by atoms with Crippen molar-refractivity contribution >= 4 is 23.6 Å². The number of carbonyl (C=O) groups is 2. The predicted molar refractivity (Wildman–Crippen MR) is 68.3 cm³/mol. The highest BCUT2D eigenvalue weighted by Crippen LogP contribution is 2.08. The van der Waals surface area contributed by atoms with E-state index in [0.29, 0.717) is 5.82 Å². The zero-order valence-electron chi connectivity index (χ0n) is 10.1. The van der Waals surface area contributed by atoms with Crippen molar-refractivity contribution in [1.29, 1.82) is 0 Å². The van der Waals surface area contributed by atoms with E-state index >= 15 is 0 Å². The van der Waals surface area contributed by atoms with Gasteiger partial charge in [0.25, 0.3) is 0 Å². The number of pyridine rings is 1. The topological polar surface area (TPSA) is 96.9 Å². The van der Waals surface area contributed by atoms with Crippen LogP contribution in [0.1, 0.15) is 5.56 Å². The zero-order chi connectivity index (χ0) is 13.7. The molecule has 0 aliphatic rings. The normalized spacial score (nSPS) is 9.74. The van der Waals surface area contributed by atoms with Gasteiger partial charge in [0.05, 0.1) is 0 Å². The van der Waals surface area contributed by atoms with E-state index in [2.05, 4.69) is 25.6 Å². The molecule has 7 heteroatoms. The van der Waals surface area contributed by atoms with Gasteiger partial charge in [0.15, 0.2) is 0 Å². The van der Waals surface area contributed by atoms with Crippen molar-refractivity contribution in [2.45, 2.75) is 6.92 Å². The van der Waals surface area contributed by atoms with Gasteiger partial charge in [-0.2, -0.15) is 0 Å². The highest BCUT2D eigenvalue weighted by molar-refractivity contribution is 6.43. The summed E-state index contributed by atoms with van der Waals surface area (Å²) >= 11 is 0. The fourth-order valence-corrected chi connectivity index (χ4v) is 1.30. The Labute approximate surface area is 109 Å². The van der Waals surface area contributed by atoms with Gasteiger partial charge in [-0.15, -0.1) is 0 Å². The molecule has 0 aromatic carbocycles. The molecule has 2 amide bonds. The average Bonchev–Trinajstić information content (AvgIpc) is 2.42. The SMILES string of the molecule is Cc1cccnc1NC(=O)C(=O)Nc1ncccn1. The first-order valence-electron chi connectivity index (χ1n) is 5.48. The maximum absolute atomic E-state index is 11.7. The van der Waals surface area contributed by atoms with Crippen LogP contribution < -0.4 is 10.6 Å². The Kier molecular flexibility index (Phi) is 3.77. The summed E-state index contributed by atoms with van der Waals surface area (Å²) < 4.78 is 0. The van der Waals surface area contributed by atoms with E-state index < -0.39 is 11.8 Å². The Balaban J connectivity index is 2.01. The first-order valence-corrected chi connectivity index (χ1v) is 5.48. The molecule has 0 saturated carbocycles. The molecule has 0 spiro atoms. The van der Waals surface area contributed by atoms with E-state index in [1.165, 1.54) is 18.6 Å². The molecule has 0 saturated heterocycles. The van der Waals surface area contributed by atoms with Gasteiger partial charge in [0, 0.05) is 18.6 Å². The molecule has 7 nitrogen and oxygen atoms in total. The first-order chi connectivity index (χ1) is 9.16. The lowest BCUT2D eigenvalue weighted by Gasteiger charge is -2.06. The fraction of sp³-hybridized carbons (Fsp3) is 0.0833. The van der Waals surface area contributed by atoms with E-state index in [4.69, 9.17) is 0 Å². The highest BCUT2D eigenvalue weighted by atomic mass is 16.2. The van der Waals surface area contributed by atoms with E-state index in [1.807, 2.05) is 0 Å². The summed E-state index contributed by atoms with van der Waals surface area (Å²) in [4.78, 5) is 34.8. The molecule has 2 heterocycles. The van der Waals surface area contributed by atoms with Crippen LogP contribution in [0.2, 0.25) is 0 Å². The Hall–Kier alpha value is -2.83. The van der Waals surface area contributed by atoms with Crippen molar-refractivity contribution in [2.24, 2.45) is 0 Å². The second kappa shape index (κ2) is 5.67. The summed E-state index contributed by atoms with van der Waals surface area (Å²) in [5.41, 5.74) is 0.764. The van der Waals surface area contributed by atoms with Gasteiger partial charge in [-0.25, -0.2) is 15.0 Å². The number of hydrogen-bond donors (Lipinski definition) is 2. The molecular weight excluding hydrogens is 246 g/mol. The highest BCUT2D eigenvalue weighted by Gasteiger charge is 2.16. The van der Waals surface area contributed by atoms with Crippen LogP contribution in [0.3, 0.4) is 0 Å². The molecule has 2 aromatic rings. The lowest BCUT2D eigenvalue weighted by atomic mass is 10.3. The minimum atomic E-state index is -0.851. The standard InChI is InChI=1S/C12H11N5O2/c1-8-4-2-5-13-9(8)16-10(18)11(19)17-12-14-6-3-7-15-12/h2-7H,1H3,(H,13,16,18)(H,14,15,17,19). The number of aryl methyl sites for hydroxylation is 1. The van der Waals surface area contributed by atoms with Crippen LogP contribution in [0.5, 0.6) is 0 Å². The average molecular weight is 257 g/mol. The van der Waals surface area contributed by atoms with Crippen LogP contribution in [-0.2, 0) is 9.59 Å². The summed E-state index contributed by atoms with van der Waals surface area (Å²) in [6.45, 7) is 1.78. The maximum atomic E-state index is 11.7. The van der Waals surface area contributed by atoms with Crippen LogP contribution >= 0.6 is 0 Å². The van der Waals surface area contributed by atoms with Gasteiger partial charge in [-0.1, -0.05) is 6.07 Å². The molecule has 0 fully saturated rings. The molecule has 0 unspecified atom stereocenters. The smallest absolute Gasteiger partial charge is 0.302 e. The molecule has 0 atom stereocenters. The number of carbonyl (C=O) groups excluding carboxylic acids is 2. The van der Waals surface area contributed by atoms with Crippen LogP contribution in [0.4, 0.5) is 11.8 Å². The predicted octanol–water partition coefficient (Wildman–Crippen LogP) is 0.757. The second-order valence-electron chi connectivity index (χ2n) is 3.65. The summed E-state index contributed by atoms with van der Waals surface area (Å²) in [6.07, 6.45) is 4.45. The summed E-state index contributed by atoms with van der Waals surface area (Å²) in [7, 11) is 0. The van der Waals surface area contributed by atoms with Gasteiger partial charge in [0.2, 0.25) is 5.95 Å². The Morgan fingerprint density at radius 2 is 1.58 bits per heavy atom. The number of aromatic nitrogens is 3. The molecule has 19 heavy (non-hydrogen) atoms. The van der Waals surface area contributed by atoms with Crippen LogP contribution in [0.15, 0.2) is 36.8 Å². The van der Waals surface area contributed by atoms with Crippen molar-refractivity contribution in [3.8, 4) is 0 Å². The Morgan fingerprint density at radius 3 is 2.26 bits per heavy atom. The van der Waals surface area contributed by atoms with Crippen LogP contribution in [0, 0.1) is 6.92 Å². The summed E-state index contributed by atoms with van der Waals surface area (Å²) in [6, 6.07) is 5.12. The van der Waals surface area contributed by atoms with Crippen molar-refractivity contribution in [3.05, 3.63) is 42.4 Å². The molecule has 0 aliphatic heterocycles. The van der Waals surface area contributed by atoms with Gasteiger partial charge in [0.1, 0.15) is 5.82 Å². The van der Waals surface area contributed by atoms with Gasteiger partial charge in [-0.05, 0) is 24.6 Å². The fourth-order valence-electron chi connectivity index (χ4n) is 1.30. The number of nitrogens with one attached hydrogen (secondary N) is 2. The number of amides is 2. The minimum absolute atomic E-state index is 0.0698. The third-order valence-electron chi connectivity index (χ3n) is 2.24. The van der Waals surface area contributed by atoms with Crippen molar-refractivity contribution in [2.75, 3.05) is 10.6 Å². The molecule has 0 radical (unpaired) electrons. The van der Waals surface area contributed by atoms with Crippen LogP contribution in [0.25, 0.3) is 0 Å². The monoisotopic (exact) mass is 257 g/mol. The Morgan fingerprint density at radius 1 is 0.947 bits per heavy atom. The summed E-state index contributed by atoms with van der Waals surface area (Å²) in [5.74, 6) is -1.26. The van der Waals surface area contributed by atoms with Crippen molar-refractivity contribution < 1.29 is 9.59 Å². The molecule has 96 valence electrons. The van der Waals surface area contributed by atoms with Gasteiger partial charge < -0.3 is 5.32 Å². The zero-order valence-corrected chi connectivity index (χ0v) is 10.1. The van der Waals surface area contributed by atoms with Crippen molar-refractivity contribution in [1.82, 2.24) is 15.0 Å². The maximum Gasteiger partial charge on any atom is 0.316 e. The van der Waals surface area contributed by atoms with Gasteiger partial charge >= 0.3 is 11.8 Å². The number of rotatable bonds is 2. The molecule has 2 aromatic heterocycles. The molecule has 2 rings (SSSR count). The van der Waals surface area contributed by atoms with Crippen LogP contribution in [-0.4, -0.2) is 26.8 Å². The van der Waals surface area contributed by atoms with E-state index in [1.54, 1.807) is 25.1 Å². The molecule has 0 bridgehead atoms. The summed E-state index contributed by atoms with van der Waals surface area (Å²) in [5, 5.41) is 4.69. The molecule has 0 aliphatic carbocycles. The Bertz CT molecular complexity index is 600. The minimum Gasteiger partial charge on any atom is -0.302 e. The number of nitrogens with zero attached hydrogens (tertiary/aromatic N) is 3. The molecular formula is C12H11N5O2. The van der Waals surface area contributed by atoms with E-state index in [9.17, 15) is 9.59 Å².